The second kappa shape index (κ2) is 4.80. The van der Waals surface area contributed by atoms with E-state index in [1.165, 1.54) is 6.20 Å². The summed E-state index contributed by atoms with van der Waals surface area (Å²) in [6.07, 6.45) is 1.72. The first-order valence-corrected chi connectivity index (χ1v) is 4.70. The summed E-state index contributed by atoms with van der Waals surface area (Å²) in [5.41, 5.74) is 0. The maximum absolute atomic E-state index is 11.2. The monoisotopic (exact) mass is 215 g/mol. The van der Waals surface area contributed by atoms with Crippen molar-refractivity contribution in [3.8, 4) is 6.07 Å². The summed E-state index contributed by atoms with van der Waals surface area (Å²) in [4.78, 5) is 15.0. The molecule has 0 aliphatic carbocycles. The van der Waals surface area contributed by atoms with Crippen LogP contribution in [0.2, 0.25) is 4.34 Å². The molecule has 1 heterocycles. The summed E-state index contributed by atoms with van der Waals surface area (Å²) in [5.74, 6) is -0.285. The summed E-state index contributed by atoms with van der Waals surface area (Å²) in [7, 11) is 0. The first-order chi connectivity index (χ1) is 6.24. The van der Waals surface area contributed by atoms with Gasteiger partial charge in [0.15, 0.2) is 5.01 Å². The average Bonchev–Trinajstić information content (AvgIpc) is 2.52. The number of nitrogens with one attached hydrogen (secondary N) is 1. The highest BCUT2D eigenvalue weighted by Gasteiger charge is 2.08. The molecular weight excluding hydrogens is 210 g/mol. The lowest BCUT2D eigenvalue weighted by Gasteiger charge is -1.96. The van der Waals surface area contributed by atoms with Gasteiger partial charge in [0.2, 0.25) is 0 Å². The first kappa shape index (κ1) is 9.96. The highest BCUT2D eigenvalue weighted by atomic mass is 35.5. The van der Waals surface area contributed by atoms with E-state index in [0.717, 1.165) is 11.3 Å². The number of aromatic nitrogens is 1. The van der Waals surface area contributed by atoms with Crippen molar-refractivity contribution in [3.05, 3.63) is 15.5 Å². The number of carbonyl (C=O) groups is 1. The van der Waals surface area contributed by atoms with Gasteiger partial charge < -0.3 is 5.32 Å². The standard InChI is InChI=1S/C7H6ClN3OS/c8-5-4-11-7(13-5)6(12)10-3-1-2-9/h4H,1,3H2,(H,10,12). The van der Waals surface area contributed by atoms with Crippen molar-refractivity contribution >= 4 is 28.8 Å². The third kappa shape index (κ3) is 3.01. The highest BCUT2D eigenvalue weighted by molar-refractivity contribution is 7.17. The molecule has 1 aromatic rings. The van der Waals surface area contributed by atoms with E-state index in [-0.39, 0.29) is 5.91 Å². The van der Waals surface area contributed by atoms with Crippen molar-refractivity contribution in [2.45, 2.75) is 6.42 Å². The molecule has 13 heavy (non-hydrogen) atoms. The number of thiazole rings is 1. The van der Waals surface area contributed by atoms with E-state index in [1.54, 1.807) is 0 Å². The van der Waals surface area contributed by atoms with Gasteiger partial charge >= 0.3 is 0 Å². The van der Waals surface area contributed by atoms with Gasteiger partial charge in [0.1, 0.15) is 4.34 Å². The van der Waals surface area contributed by atoms with Crippen molar-refractivity contribution in [2.75, 3.05) is 6.54 Å². The number of nitriles is 1. The summed E-state index contributed by atoms with van der Waals surface area (Å²) in [6, 6.07) is 1.92. The molecule has 4 nitrogen and oxygen atoms in total. The Morgan fingerprint density at radius 3 is 3.15 bits per heavy atom. The minimum Gasteiger partial charge on any atom is -0.349 e. The minimum absolute atomic E-state index is 0.285. The second-order valence-corrected chi connectivity index (χ2v) is 3.80. The zero-order chi connectivity index (χ0) is 9.68. The molecule has 1 rings (SSSR count). The Bertz CT molecular complexity index is 344. The van der Waals surface area contributed by atoms with Gasteiger partial charge in [-0.15, -0.1) is 0 Å². The molecule has 0 radical (unpaired) electrons. The lowest BCUT2D eigenvalue weighted by atomic mass is 10.4. The van der Waals surface area contributed by atoms with Crippen LogP contribution in [0.25, 0.3) is 0 Å². The molecule has 0 saturated carbocycles. The van der Waals surface area contributed by atoms with E-state index in [9.17, 15) is 4.79 Å². The molecule has 1 aromatic heterocycles. The Balaban J connectivity index is 2.45. The van der Waals surface area contributed by atoms with Crippen LogP contribution in [0.3, 0.4) is 0 Å². The van der Waals surface area contributed by atoms with Crippen LogP contribution in [0.1, 0.15) is 16.2 Å². The van der Waals surface area contributed by atoms with Gasteiger partial charge in [-0.05, 0) is 0 Å². The Labute approximate surface area is 84.2 Å². The molecule has 0 aliphatic heterocycles. The third-order valence-electron chi connectivity index (χ3n) is 1.19. The lowest BCUT2D eigenvalue weighted by Crippen LogP contribution is -2.23. The topological polar surface area (TPSA) is 65.8 Å². The molecule has 1 N–H and O–H groups in total. The minimum atomic E-state index is -0.285. The van der Waals surface area contributed by atoms with E-state index >= 15 is 0 Å². The van der Waals surface area contributed by atoms with E-state index in [4.69, 9.17) is 16.9 Å². The maximum atomic E-state index is 11.2. The van der Waals surface area contributed by atoms with E-state index in [0.29, 0.717) is 22.3 Å². The van der Waals surface area contributed by atoms with Crippen molar-refractivity contribution in [2.24, 2.45) is 0 Å². The smallest absolute Gasteiger partial charge is 0.280 e. The molecule has 0 spiro atoms. The van der Waals surface area contributed by atoms with E-state index in [1.807, 2.05) is 6.07 Å². The van der Waals surface area contributed by atoms with E-state index < -0.39 is 0 Å². The molecule has 0 aliphatic rings. The van der Waals surface area contributed by atoms with Gasteiger partial charge in [0, 0.05) is 6.54 Å². The van der Waals surface area contributed by atoms with Gasteiger partial charge in [0.05, 0.1) is 18.7 Å². The third-order valence-corrected chi connectivity index (χ3v) is 2.31. The van der Waals surface area contributed by atoms with Crippen molar-refractivity contribution in [1.29, 1.82) is 5.26 Å². The van der Waals surface area contributed by atoms with Gasteiger partial charge in [-0.1, -0.05) is 22.9 Å². The normalized spacial score (nSPS) is 9.23. The highest BCUT2D eigenvalue weighted by Crippen LogP contribution is 2.17. The SMILES string of the molecule is N#CCCNC(=O)c1ncc(Cl)s1. The molecule has 6 heteroatoms. The molecule has 0 unspecified atom stereocenters. The Morgan fingerprint density at radius 1 is 1.85 bits per heavy atom. The van der Waals surface area contributed by atoms with Crippen molar-refractivity contribution < 1.29 is 4.79 Å². The zero-order valence-electron chi connectivity index (χ0n) is 6.58. The molecule has 0 fully saturated rings. The van der Waals surface area contributed by atoms with Crippen molar-refractivity contribution in [1.82, 2.24) is 10.3 Å². The predicted molar refractivity (Wildman–Crippen MR) is 49.7 cm³/mol. The number of amides is 1. The fraction of sp³-hybridized carbons (Fsp3) is 0.286. The van der Waals surface area contributed by atoms with E-state index in [2.05, 4.69) is 10.3 Å². The summed E-state index contributed by atoms with van der Waals surface area (Å²) < 4.78 is 0.477. The Hall–Kier alpha value is -1.12. The largest absolute Gasteiger partial charge is 0.349 e. The van der Waals surface area contributed by atoms with Gasteiger partial charge in [-0.25, -0.2) is 4.98 Å². The number of nitrogens with zero attached hydrogens (tertiary/aromatic N) is 2. The number of hydrogen-bond donors (Lipinski definition) is 1. The molecule has 68 valence electrons. The average molecular weight is 216 g/mol. The quantitative estimate of drug-likeness (QED) is 0.776. The number of carbonyl (C=O) groups excluding carboxylic acids is 1. The van der Waals surface area contributed by atoms with Crippen LogP contribution in [-0.4, -0.2) is 17.4 Å². The first-order valence-electron chi connectivity index (χ1n) is 3.50. The fourth-order valence-electron chi connectivity index (χ4n) is 0.667. The molecule has 0 aromatic carbocycles. The second-order valence-electron chi connectivity index (χ2n) is 2.13. The van der Waals surface area contributed by atoms with Crippen LogP contribution in [0.4, 0.5) is 0 Å². The van der Waals surface area contributed by atoms with Crippen LogP contribution in [0.5, 0.6) is 0 Å². The molecule has 1 amide bonds. The van der Waals surface area contributed by atoms with Gasteiger partial charge in [-0.3, -0.25) is 4.79 Å². The van der Waals surface area contributed by atoms with Crippen LogP contribution >= 0.6 is 22.9 Å². The molecular formula is C7H6ClN3OS. The van der Waals surface area contributed by atoms with Gasteiger partial charge in [0.25, 0.3) is 5.91 Å². The number of halogens is 1. The molecule has 0 saturated heterocycles. The fourth-order valence-corrected chi connectivity index (χ4v) is 1.50. The lowest BCUT2D eigenvalue weighted by molar-refractivity contribution is 0.0954. The van der Waals surface area contributed by atoms with Crippen LogP contribution in [-0.2, 0) is 0 Å². The summed E-state index contributed by atoms with van der Waals surface area (Å²) in [6.45, 7) is 0.340. The number of hydrogen-bond acceptors (Lipinski definition) is 4. The molecule has 0 bridgehead atoms. The summed E-state index contributed by atoms with van der Waals surface area (Å²) in [5, 5.41) is 11.1. The van der Waals surface area contributed by atoms with Crippen LogP contribution < -0.4 is 5.32 Å². The number of rotatable bonds is 3. The van der Waals surface area contributed by atoms with Crippen molar-refractivity contribution in [3.63, 3.8) is 0 Å². The zero-order valence-corrected chi connectivity index (χ0v) is 8.15. The molecule has 0 atom stereocenters. The Kier molecular flexibility index (Phi) is 3.68. The predicted octanol–water partition coefficient (Wildman–Crippen LogP) is 1.44. The van der Waals surface area contributed by atoms with Crippen LogP contribution in [0, 0.1) is 11.3 Å². The van der Waals surface area contributed by atoms with Gasteiger partial charge in [-0.2, -0.15) is 5.26 Å². The summed E-state index contributed by atoms with van der Waals surface area (Å²) >= 11 is 6.70. The maximum Gasteiger partial charge on any atom is 0.280 e. The Morgan fingerprint density at radius 2 is 2.62 bits per heavy atom. The van der Waals surface area contributed by atoms with Crippen LogP contribution in [0.15, 0.2) is 6.20 Å².